The predicted octanol–water partition coefficient (Wildman–Crippen LogP) is 3.26. The third-order valence-electron chi connectivity index (χ3n) is 3.09. The van der Waals surface area contributed by atoms with Crippen molar-refractivity contribution in [3.05, 3.63) is 58.6 Å². The molecule has 0 heterocycles. The number of carboxylic acid groups (broad SMARTS) is 1. The van der Waals surface area contributed by atoms with E-state index in [0.717, 1.165) is 0 Å². The van der Waals surface area contributed by atoms with Gasteiger partial charge in [-0.3, -0.25) is 9.59 Å². The summed E-state index contributed by atoms with van der Waals surface area (Å²) in [6.07, 6.45) is 0. The normalized spacial score (nSPS) is 10.1. The zero-order valence-corrected chi connectivity index (χ0v) is 13.5. The Morgan fingerprint density at radius 1 is 1.12 bits per heavy atom. The van der Waals surface area contributed by atoms with E-state index in [9.17, 15) is 14.4 Å². The molecule has 0 saturated carbocycles. The number of ether oxygens (including phenoxy) is 1. The number of rotatable bonds is 6. The predicted molar refractivity (Wildman–Crippen MR) is 89.0 cm³/mol. The number of anilines is 1. The molecule has 6 nitrogen and oxygen atoms in total. The maximum absolute atomic E-state index is 11.9. The van der Waals surface area contributed by atoms with Crippen molar-refractivity contribution in [2.24, 2.45) is 0 Å². The molecule has 0 spiro atoms. The molecule has 0 unspecified atom stereocenters. The molecule has 0 aromatic heterocycles. The van der Waals surface area contributed by atoms with Crippen LogP contribution in [0.3, 0.4) is 0 Å². The highest BCUT2D eigenvalue weighted by atomic mass is 35.5. The topological polar surface area (TPSA) is 92.7 Å². The van der Waals surface area contributed by atoms with E-state index in [1.807, 2.05) is 0 Å². The standard InChI is InChI=1S/C17H14ClNO5/c1-10(20)11-3-2-4-13(7-11)19-16(21)9-24-15-6-5-12(17(22)23)8-14(15)18/h2-8H,9H2,1H3,(H,19,21)(H,22,23). The van der Waals surface area contributed by atoms with Gasteiger partial charge in [-0.1, -0.05) is 23.7 Å². The molecule has 0 radical (unpaired) electrons. The third-order valence-corrected chi connectivity index (χ3v) is 3.39. The number of carboxylic acids is 1. The summed E-state index contributed by atoms with van der Waals surface area (Å²) in [5.74, 6) is -1.44. The number of carbonyl (C=O) groups is 3. The van der Waals surface area contributed by atoms with Crippen molar-refractivity contribution in [2.75, 3.05) is 11.9 Å². The Kier molecular flexibility index (Phi) is 5.55. The minimum Gasteiger partial charge on any atom is -0.482 e. The summed E-state index contributed by atoms with van der Waals surface area (Å²) in [6.45, 7) is 1.13. The minimum atomic E-state index is -1.11. The van der Waals surface area contributed by atoms with Gasteiger partial charge in [0.2, 0.25) is 0 Å². The Morgan fingerprint density at radius 3 is 2.50 bits per heavy atom. The van der Waals surface area contributed by atoms with E-state index in [1.54, 1.807) is 24.3 Å². The molecule has 0 aliphatic rings. The average Bonchev–Trinajstić information content (AvgIpc) is 2.53. The van der Waals surface area contributed by atoms with E-state index < -0.39 is 11.9 Å². The van der Waals surface area contributed by atoms with Crippen LogP contribution < -0.4 is 10.1 Å². The highest BCUT2D eigenvalue weighted by Crippen LogP contribution is 2.25. The van der Waals surface area contributed by atoms with Crippen molar-refractivity contribution in [3.63, 3.8) is 0 Å². The lowest BCUT2D eigenvalue weighted by atomic mass is 10.1. The summed E-state index contributed by atoms with van der Waals surface area (Å²) in [7, 11) is 0. The Bertz CT molecular complexity index is 803. The van der Waals surface area contributed by atoms with E-state index in [0.29, 0.717) is 11.3 Å². The minimum absolute atomic E-state index is 0.0258. The molecule has 0 fully saturated rings. The molecular weight excluding hydrogens is 334 g/mol. The number of halogens is 1. The van der Waals surface area contributed by atoms with Gasteiger partial charge in [-0.2, -0.15) is 0 Å². The molecular formula is C17H14ClNO5. The van der Waals surface area contributed by atoms with Gasteiger partial charge >= 0.3 is 5.97 Å². The summed E-state index contributed by atoms with van der Waals surface area (Å²) in [5.41, 5.74) is 0.988. The van der Waals surface area contributed by atoms with E-state index in [1.165, 1.54) is 25.1 Å². The molecule has 0 saturated heterocycles. The van der Waals surface area contributed by atoms with Gasteiger partial charge in [0, 0.05) is 11.3 Å². The second kappa shape index (κ2) is 7.61. The van der Waals surface area contributed by atoms with Crippen LogP contribution in [-0.2, 0) is 4.79 Å². The third kappa shape index (κ3) is 4.57. The Morgan fingerprint density at radius 2 is 1.88 bits per heavy atom. The summed E-state index contributed by atoms with van der Waals surface area (Å²) in [6, 6.07) is 10.5. The number of Topliss-reactive ketones (excluding diaryl/α,β-unsaturated/α-hetero) is 1. The Hall–Kier alpha value is -2.86. The number of benzene rings is 2. The van der Waals surface area contributed by atoms with Crippen LogP contribution in [0, 0.1) is 0 Å². The lowest BCUT2D eigenvalue weighted by Crippen LogP contribution is -2.20. The van der Waals surface area contributed by atoms with Gasteiger partial charge in [-0.25, -0.2) is 4.79 Å². The number of nitrogens with one attached hydrogen (secondary N) is 1. The van der Waals surface area contributed by atoms with Crippen LogP contribution >= 0.6 is 11.6 Å². The van der Waals surface area contributed by atoms with E-state index in [-0.39, 0.29) is 28.7 Å². The van der Waals surface area contributed by atoms with Crippen LogP contribution in [-0.4, -0.2) is 29.4 Å². The van der Waals surface area contributed by atoms with Crippen molar-refractivity contribution < 1.29 is 24.2 Å². The van der Waals surface area contributed by atoms with Crippen LogP contribution in [0.15, 0.2) is 42.5 Å². The van der Waals surface area contributed by atoms with Gasteiger partial charge in [-0.15, -0.1) is 0 Å². The fourth-order valence-corrected chi connectivity index (χ4v) is 2.14. The monoisotopic (exact) mass is 347 g/mol. The average molecular weight is 348 g/mol. The molecule has 24 heavy (non-hydrogen) atoms. The molecule has 2 rings (SSSR count). The van der Waals surface area contributed by atoms with Gasteiger partial charge in [0.1, 0.15) is 5.75 Å². The van der Waals surface area contributed by atoms with E-state index in [4.69, 9.17) is 21.4 Å². The van der Waals surface area contributed by atoms with E-state index >= 15 is 0 Å². The van der Waals surface area contributed by atoms with Gasteiger partial charge in [0.15, 0.2) is 12.4 Å². The van der Waals surface area contributed by atoms with Gasteiger partial charge in [0.25, 0.3) is 5.91 Å². The number of hydrogen-bond acceptors (Lipinski definition) is 4. The number of ketones is 1. The summed E-state index contributed by atoms with van der Waals surface area (Å²) < 4.78 is 5.28. The molecule has 0 aliphatic heterocycles. The van der Waals surface area contributed by atoms with Crippen molar-refractivity contribution >= 4 is 34.9 Å². The highest BCUT2D eigenvalue weighted by molar-refractivity contribution is 6.32. The molecule has 7 heteroatoms. The zero-order valence-electron chi connectivity index (χ0n) is 12.7. The molecule has 2 aromatic carbocycles. The summed E-state index contributed by atoms with van der Waals surface area (Å²) in [4.78, 5) is 34.0. The summed E-state index contributed by atoms with van der Waals surface area (Å²) >= 11 is 5.92. The molecule has 2 aromatic rings. The highest BCUT2D eigenvalue weighted by Gasteiger charge is 2.10. The second-order valence-corrected chi connectivity index (χ2v) is 5.33. The molecule has 0 bridgehead atoms. The summed E-state index contributed by atoms with van der Waals surface area (Å²) in [5, 5.41) is 11.6. The number of amides is 1. The Labute approximate surface area is 143 Å². The van der Waals surface area contributed by atoms with Gasteiger partial charge < -0.3 is 15.2 Å². The van der Waals surface area contributed by atoms with E-state index in [2.05, 4.69) is 5.32 Å². The first kappa shape index (κ1) is 17.5. The fourth-order valence-electron chi connectivity index (χ4n) is 1.91. The van der Waals surface area contributed by atoms with Crippen LogP contribution in [0.2, 0.25) is 5.02 Å². The molecule has 124 valence electrons. The lowest BCUT2D eigenvalue weighted by molar-refractivity contribution is -0.118. The molecule has 0 atom stereocenters. The fraction of sp³-hybridized carbons (Fsp3) is 0.118. The van der Waals surface area contributed by atoms with Crippen molar-refractivity contribution in [1.82, 2.24) is 0 Å². The first-order valence-corrected chi connectivity index (χ1v) is 7.31. The number of hydrogen-bond donors (Lipinski definition) is 2. The van der Waals surface area contributed by atoms with Gasteiger partial charge in [0.05, 0.1) is 10.6 Å². The first-order chi connectivity index (χ1) is 11.4. The van der Waals surface area contributed by atoms with Crippen LogP contribution in [0.1, 0.15) is 27.6 Å². The maximum atomic E-state index is 11.9. The molecule has 0 aliphatic carbocycles. The number of aromatic carboxylic acids is 1. The van der Waals surface area contributed by atoms with Crippen LogP contribution in [0.5, 0.6) is 5.75 Å². The second-order valence-electron chi connectivity index (χ2n) is 4.92. The maximum Gasteiger partial charge on any atom is 0.335 e. The first-order valence-electron chi connectivity index (χ1n) is 6.93. The lowest BCUT2D eigenvalue weighted by Gasteiger charge is -2.09. The molecule has 2 N–H and O–H groups in total. The van der Waals surface area contributed by atoms with Crippen molar-refractivity contribution in [3.8, 4) is 5.75 Å². The van der Waals surface area contributed by atoms with Crippen molar-refractivity contribution in [2.45, 2.75) is 6.92 Å². The van der Waals surface area contributed by atoms with Crippen LogP contribution in [0.25, 0.3) is 0 Å². The Balaban J connectivity index is 1.97. The quantitative estimate of drug-likeness (QED) is 0.782. The van der Waals surface area contributed by atoms with Gasteiger partial charge in [-0.05, 0) is 37.3 Å². The number of carbonyl (C=O) groups excluding carboxylic acids is 2. The smallest absolute Gasteiger partial charge is 0.335 e. The zero-order chi connectivity index (χ0) is 17.7. The van der Waals surface area contributed by atoms with Crippen molar-refractivity contribution in [1.29, 1.82) is 0 Å². The van der Waals surface area contributed by atoms with Crippen LogP contribution in [0.4, 0.5) is 5.69 Å². The SMILES string of the molecule is CC(=O)c1cccc(NC(=O)COc2ccc(C(=O)O)cc2Cl)c1. The molecule has 1 amide bonds. The largest absolute Gasteiger partial charge is 0.482 e.